The number of H-pyrrole nitrogens is 1. The molecule has 0 bridgehead atoms. The normalized spacial score (nSPS) is 19.8. The monoisotopic (exact) mass is 571 g/mol. The molecule has 0 unspecified atom stereocenters. The third-order valence-electron chi connectivity index (χ3n) is 5.76. The molecule has 33 heavy (non-hydrogen) atoms. The Morgan fingerprint density at radius 1 is 1.27 bits per heavy atom. The van der Waals surface area contributed by atoms with Crippen molar-refractivity contribution in [3.8, 4) is 5.88 Å². The van der Waals surface area contributed by atoms with Crippen LogP contribution in [0.5, 0.6) is 5.88 Å². The van der Waals surface area contributed by atoms with Crippen molar-refractivity contribution in [1.29, 1.82) is 0 Å². The number of amides is 2. The van der Waals surface area contributed by atoms with E-state index in [1.54, 1.807) is 25.4 Å². The predicted octanol–water partition coefficient (Wildman–Crippen LogP) is 3.06. The molecule has 2 aromatic rings. The molecule has 4 heterocycles. The number of nitrogens with zero attached hydrogens (tertiary/aromatic N) is 2. The zero-order valence-electron chi connectivity index (χ0n) is 18.6. The molecule has 2 aromatic heterocycles. The van der Waals surface area contributed by atoms with E-state index < -0.39 is 20.2 Å². The van der Waals surface area contributed by atoms with Crippen molar-refractivity contribution in [3.63, 3.8) is 0 Å². The standard InChI is InChI=1S/C22H30IN5O5/c1-31-21-11-16(3-7-24-21)10-20(29)26-19-12-18(27-28-19)17-2-6-23(13-17)33-22(30)25-14-15-4-8-32-9-5-15/h3,7,11-12,15,17H,2,4-6,8-10,13-14H2,1H3,(H,25,30)(H2,26,27,28,29)/t17-/m1/s1. The van der Waals surface area contributed by atoms with E-state index in [-0.39, 0.29) is 24.3 Å². The molecule has 2 aliphatic rings. The number of methoxy groups -OCH3 is 1. The molecule has 11 heteroatoms. The molecule has 1 atom stereocenters. The Balaban J connectivity index is 1.20. The van der Waals surface area contributed by atoms with Gasteiger partial charge in [-0.3, -0.25) is 0 Å². The Labute approximate surface area is 200 Å². The fourth-order valence-electron chi connectivity index (χ4n) is 3.88. The molecule has 0 saturated carbocycles. The zero-order valence-corrected chi connectivity index (χ0v) is 20.8. The molecule has 0 aromatic carbocycles. The van der Waals surface area contributed by atoms with Gasteiger partial charge < -0.3 is 0 Å². The third-order valence-corrected chi connectivity index (χ3v) is 10.7. The molecule has 0 aliphatic carbocycles. The number of aromatic amines is 1. The molecular formula is C22H30IN5O5. The predicted molar refractivity (Wildman–Crippen MR) is 131 cm³/mol. The van der Waals surface area contributed by atoms with Crippen molar-refractivity contribution >= 4 is 38.1 Å². The van der Waals surface area contributed by atoms with Crippen LogP contribution in [-0.4, -0.2) is 62.9 Å². The second kappa shape index (κ2) is 11.6. The Morgan fingerprint density at radius 2 is 2.12 bits per heavy atom. The number of nitrogens with one attached hydrogen (secondary N) is 3. The van der Waals surface area contributed by atoms with Gasteiger partial charge in [0.1, 0.15) is 0 Å². The van der Waals surface area contributed by atoms with Crippen LogP contribution in [0, 0.1) is 5.92 Å². The van der Waals surface area contributed by atoms with Crippen molar-refractivity contribution in [3.05, 3.63) is 35.7 Å². The quantitative estimate of drug-likeness (QED) is 0.328. The summed E-state index contributed by atoms with van der Waals surface area (Å²) in [5.41, 5.74) is 1.79. The van der Waals surface area contributed by atoms with Crippen LogP contribution in [0.4, 0.5) is 10.6 Å². The van der Waals surface area contributed by atoms with E-state index >= 15 is 0 Å². The van der Waals surface area contributed by atoms with Crippen molar-refractivity contribution < 1.29 is 22.1 Å². The van der Waals surface area contributed by atoms with Gasteiger partial charge in [0.15, 0.2) is 0 Å². The first-order chi connectivity index (χ1) is 16.1. The molecule has 2 saturated heterocycles. The molecule has 10 nitrogen and oxygen atoms in total. The number of aromatic nitrogens is 3. The van der Waals surface area contributed by atoms with E-state index in [1.165, 1.54) is 0 Å². The molecule has 0 radical (unpaired) electrons. The van der Waals surface area contributed by atoms with Crippen molar-refractivity contribution in [1.82, 2.24) is 20.5 Å². The third kappa shape index (κ3) is 7.03. The Morgan fingerprint density at radius 3 is 2.94 bits per heavy atom. The van der Waals surface area contributed by atoms with Crippen LogP contribution in [0.1, 0.15) is 36.4 Å². The molecule has 4 rings (SSSR count). The van der Waals surface area contributed by atoms with Crippen molar-refractivity contribution in [2.45, 2.75) is 31.6 Å². The number of alkyl halides is 2. The van der Waals surface area contributed by atoms with Crippen LogP contribution in [0.25, 0.3) is 0 Å². The van der Waals surface area contributed by atoms with Crippen LogP contribution in [0.2, 0.25) is 0 Å². The summed E-state index contributed by atoms with van der Waals surface area (Å²) in [5.74, 6) is 1.57. The number of hydrogen-bond acceptors (Lipinski definition) is 7. The Hall–Kier alpha value is -2.41. The number of carbonyl (C=O) groups is 2. The topological polar surface area (TPSA) is 127 Å². The minimum atomic E-state index is -1.80. The van der Waals surface area contributed by atoms with Gasteiger partial charge in [0, 0.05) is 0 Å². The first-order valence-electron chi connectivity index (χ1n) is 11.1. The molecule has 2 fully saturated rings. The number of hydrogen-bond donors (Lipinski definition) is 3. The van der Waals surface area contributed by atoms with E-state index in [0.29, 0.717) is 24.2 Å². The van der Waals surface area contributed by atoms with Gasteiger partial charge in [-0.05, 0) is 0 Å². The Bertz CT molecular complexity index is 949. The van der Waals surface area contributed by atoms with Crippen LogP contribution in [0.15, 0.2) is 24.4 Å². The summed E-state index contributed by atoms with van der Waals surface area (Å²) in [6, 6.07) is 5.39. The second-order valence-electron chi connectivity index (χ2n) is 8.18. The summed E-state index contributed by atoms with van der Waals surface area (Å²) in [6.07, 6.45) is 4.47. The van der Waals surface area contributed by atoms with Gasteiger partial charge in [-0.25, -0.2) is 0 Å². The summed E-state index contributed by atoms with van der Waals surface area (Å²) in [7, 11) is 1.54. The summed E-state index contributed by atoms with van der Waals surface area (Å²) >= 11 is -1.80. The summed E-state index contributed by atoms with van der Waals surface area (Å²) in [4.78, 5) is 28.6. The van der Waals surface area contributed by atoms with E-state index in [1.807, 2.05) is 6.07 Å². The second-order valence-corrected chi connectivity index (χ2v) is 12.9. The fourth-order valence-corrected chi connectivity index (χ4v) is 8.99. The van der Waals surface area contributed by atoms with E-state index in [2.05, 4.69) is 25.8 Å². The van der Waals surface area contributed by atoms with Crippen molar-refractivity contribution in [2.75, 3.05) is 41.0 Å². The SMILES string of the molecule is COc1cc(CC(=O)Nc2cc([C@@H]3CCI(OC(=O)NCC4CCOCC4)C3)[nH]n2)ccn1. The number of anilines is 1. The average molecular weight is 571 g/mol. The van der Waals surface area contributed by atoms with Gasteiger partial charge in [0.2, 0.25) is 0 Å². The van der Waals surface area contributed by atoms with E-state index in [0.717, 1.165) is 52.6 Å². The average Bonchev–Trinajstić information content (AvgIpc) is 3.48. The number of pyridine rings is 1. The number of rotatable bonds is 8. The van der Waals surface area contributed by atoms with E-state index in [4.69, 9.17) is 12.5 Å². The summed E-state index contributed by atoms with van der Waals surface area (Å²) in [5, 5.41) is 13.0. The molecule has 0 spiro atoms. The van der Waals surface area contributed by atoms with E-state index in [9.17, 15) is 9.59 Å². The first-order valence-corrected chi connectivity index (χ1v) is 15.0. The fraction of sp³-hybridized carbons (Fsp3) is 0.545. The first kappa shape index (κ1) is 23.7. The Kier molecular flexibility index (Phi) is 8.37. The zero-order chi connectivity index (χ0) is 23.0. The molecule has 2 aliphatic heterocycles. The van der Waals surface area contributed by atoms with Crippen LogP contribution >= 0.6 is 20.2 Å². The summed E-state index contributed by atoms with van der Waals surface area (Å²) < 4.78 is 18.1. The van der Waals surface area contributed by atoms with Crippen LogP contribution in [-0.2, 0) is 19.0 Å². The molecule has 180 valence electrons. The minimum absolute atomic E-state index is 0.161. The van der Waals surface area contributed by atoms with Crippen molar-refractivity contribution in [2.24, 2.45) is 5.92 Å². The maximum absolute atomic E-state index is 12.4. The number of carbonyl (C=O) groups excluding carboxylic acids is 2. The number of ether oxygens (including phenoxy) is 2. The van der Waals surface area contributed by atoms with Gasteiger partial charge in [-0.1, -0.05) is 0 Å². The molecule has 2 amide bonds. The summed E-state index contributed by atoms with van der Waals surface area (Å²) in [6.45, 7) is 2.20. The number of halogens is 1. The molecular weight excluding hydrogens is 541 g/mol. The van der Waals surface area contributed by atoms with Gasteiger partial charge in [-0.2, -0.15) is 0 Å². The van der Waals surface area contributed by atoms with Gasteiger partial charge in [0.05, 0.1) is 7.11 Å². The van der Waals surface area contributed by atoms with Gasteiger partial charge >= 0.3 is 194 Å². The van der Waals surface area contributed by atoms with Gasteiger partial charge in [0.25, 0.3) is 0 Å². The van der Waals surface area contributed by atoms with Crippen LogP contribution < -0.4 is 15.4 Å². The van der Waals surface area contributed by atoms with Gasteiger partial charge in [-0.15, -0.1) is 0 Å². The molecule has 3 N–H and O–H groups in total. The maximum atomic E-state index is 12.4. The van der Waals surface area contributed by atoms with Crippen LogP contribution in [0.3, 0.4) is 0 Å².